The fourth-order valence-electron chi connectivity index (χ4n) is 9.50. The summed E-state index contributed by atoms with van der Waals surface area (Å²) in [5.74, 6) is 1.94. The molecule has 6 heteroatoms. The van der Waals surface area contributed by atoms with Crippen LogP contribution < -0.4 is 0 Å². The summed E-state index contributed by atoms with van der Waals surface area (Å²) < 4.78 is 0. The van der Waals surface area contributed by atoms with E-state index in [1.54, 1.807) is 0 Å². The molecule has 0 aliphatic heterocycles. The highest BCUT2D eigenvalue weighted by Crippen LogP contribution is 2.37. The molecular formula is C64H44N6. The number of pyridine rings is 3. The van der Waals surface area contributed by atoms with Gasteiger partial charge in [-0.1, -0.05) is 194 Å². The van der Waals surface area contributed by atoms with E-state index in [1.165, 1.54) is 33.0 Å². The molecule has 0 amide bonds. The van der Waals surface area contributed by atoms with Crippen molar-refractivity contribution in [2.24, 2.45) is 0 Å². The van der Waals surface area contributed by atoms with Crippen LogP contribution in [0.3, 0.4) is 0 Å². The Balaban J connectivity index is 0.000000157. The van der Waals surface area contributed by atoms with E-state index >= 15 is 0 Å². The highest BCUT2D eigenvalue weighted by molar-refractivity contribution is 6.12. The summed E-state index contributed by atoms with van der Waals surface area (Å²) in [5.41, 5.74) is 14.8. The van der Waals surface area contributed by atoms with Crippen LogP contribution in [0, 0.1) is 13.8 Å². The predicted molar refractivity (Wildman–Crippen MR) is 289 cm³/mol. The second-order valence-electron chi connectivity index (χ2n) is 17.6. The summed E-state index contributed by atoms with van der Waals surface area (Å²) in [6, 6.07) is 77.9. The highest BCUT2D eigenvalue weighted by Gasteiger charge is 2.16. The largest absolute Gasteiger partial charge is 0.256 e. The van der Waals surface area contributed by atoms with Crippen molar-refractivity contribution in [2.75, 3.05) is 0 Å². The van der Waals surface area contributed by atoms with Gasteiger partial charge in [-0.2, -0.15) is 0 Å². The summed E-state index contributed by atoms with van der Waals surface area (Å²) >= 11 is 0. The Hall–Kier alpha value is -9.26. The minimum Gasteiger partial charge on any atom is -0.256 e. The molecule has 0 saturated heterocycles. The molecule has 0 atom stereocenters. The monoisotopic (exact) mass is 896 g/mol. The Morgan fingerprint density at radius 3 is 1.20 bits per heavy atom. The normalized spacial score (nSPS) is 11.3. The molecule has 0 aliphatic carbocycles. The van der Waals surface area contributed by atoms with Crippen LogP contribution in [-0.4, -0.2) is 29.9 Å². The average Bonchev–Trinajstić information content (AvgIpc) is 3.42. The van der Waals surface area contributed by atoms with Crippen molar-refractivity contribution in [1.29, 1.82) is 0 Å². The lowest BCUT2D eigenvalue weighted by atomic mass is 9.95. The Bertz CT molecular complexity index is 3870. The van der Waals surface area contributed by atoms with Gasteiger partial charge in [0.2, 0.25) is 0 Å². The van der Waals surface area contributed by atoms with Gasteiger partial charge in [0.1, 0.15) is 0 Å². The lowest BCUT2D eigenvalue weighted by molar-refractivity contribution is 1.08. The molecule has 0 radical (unpaired) electrons. The van der Waals surface area contributed by atoms with Gasteiger partial charge >= 0.3 is 0 Å². The van der Waals surface area contributed by atoms with E-state index in [0.717, 1.165) is 82.7 Å². The molecule has 4 heterocycles. The van der Waals surface area contributed by atoms with E-state index in [2.05, 4.69) is 225 Å². The van der Waals surface area contributed by atoms with Gasteiger partial charge in [-0.25, -0.2) is 15.0 Å². The second-order valence-corrected chi connectivity index (χ2v) is 17.6. The van der Waals surface area contributed by atoms with Crippen LogP contribution >= 0.6 is 0 Å². The molecule has 0 unspecified atom stereocenters. The summed E-state index contributed by atoms with van der Waals surface area (Å²) in [7, 11) is 0. The first-order valence-electron chi connectivity index (χ1n) is 23.5. The number of hydrogen-bond donors (Lipinski definition) is 0. The Kier molecular flexibility index (Phi) is 10.9. The van der Waals surface area contributed by atoms with Crippen LogP contribution in [0.2, 0.25) is 0 Å². The van der Waals surface area contributed by atoms with E-state index in [4.69, 9.17) is 24.9 Å². The fraction of sp³-hybridized carbons (Fsp3) is 0.0312. The smallest absolute Gasteiger partial charge is 0.164 e. The first-order chi connectivity index (χ1) is 34.5. The molecule has 9 aromatic carbocycles. The van der Waals surface area contributed by atoms with Gasteiger partial charge in [-0.3, -0.25) is 15.0 Å². The van der Waals surface area contributed by atoms with Gasteiger partial charge in [0.25, 0.3) is 0 Å². The maximum absolute atomic E-state index is 4.99. The first kappa shape index (κ1) is 42.1. The van der Waals surface area contributed by atoms with E-state index in [0.29, 0.717) is 17.5 Å². The molecule has 0 aliphatic rings. The van der Waals surface area contributed by atoms with Crippen LogP contribution in [0.1, 0.15) is 11.4 Å². The van der Waals surface area contributed by atoms with Crippen molar-refractivity contribution in [3.05, 3.63) is 242 Å². The molecule has 0 N–H and O–H groups in total. The Morgan fingerprint density at radius 1 is 0.257 bits per heavy atom. The van der Waals surface area contributed by atoms with Crippen molar-refractivity contribution in [3.8, 4) is 67.5 Å². The molecular weight excluding hydrogens is 853 g/mol. The van der Waals surface area contributed by atoms with E-state index in [-0.39, 0.29) is 0 Å². The molecule has 0 fully saturated rings. The summed E-state index contributed by atoms with van der Waals surface area (Å²) in [4.78, 5) is 29.4. The Morgan fingerprint density at radius 2 is 0.671 bits per heavy atom. The maximum Gasteiger partial charge on any atom is 0.164 e. The number of rotatable bonds is 6. The highest BCUT2D eigenvalue weighted by atomic mass is 15.0. The number of aromatic nitrogens is 6. The molecule has 0 saturated carbocycles. The number of hydrogen-bond acceptors (Lipinski definition) is 6. The summed E-state index contributed by atoms with van der Waals surface area (Å²) in [6.07, 6.45) is 1.84. The quantitative estimate of drug-likeness (QED) is 0.155. The fourth-order valence-corrected chi connectivity index (χ4v) is 9.50. The molecule has 4 aromatic heterocycles. The molecule has 13 aromatic rings. The molecule has 13 rings (SSSR count). The average molecular weight is 897 g/mol. The van der Waals surface area contributed by atoms with Crippen molar-refractivity contribution in [1.82, 2.24) is 29.9 Å². The van der Waals surface area contributed by atoms with Gasteiger partial charge in [0.15, 0.2) is 17.5 Å². The summed E-state index contributed by atoms with van der Waals surface area (Å²) in [6.45, 7) is 4.11. The zero-order chi connectivity index (χ0) is 47.0. The SMILES string of the molecule is Cc1cc(-c2ccccc2)c2ccc3c(-c4ccccc4)cc(C)nc3c2n1.c1ccc2cc(-c3nc(-c4ccc(-c5cccc6cccnc56)cc4)nc(-c4ccc5ccccc5c4)n3)ccc2c1. The minimum absolute atomic E-state index is 0.638. The number of benzene rings is 9. The standard InChI is InChI=1S/C38H24N4.C26H20N2/c1-3-9-30-23-32(20-14-25(30)7-1)37-40-36(41-38(42-37)33-21-15-26-8-2-4-10-31(26)24-33)29-18-16-27(17-19-29)34-13-5-11-28-12-6-22-39-35(28)34;1-17-15-23(19-9-5-3-6-10-19)21-13-14-22-24(20-11-7-4-8-12-20)16-18(2)28-26(22)25(21)27-17/h1-24H;3-16H,1-2H3. The molecule has 6 nitrogen and oxygen atoms in total. The molecule has 0 bridgehead atoms. The maximum atomic E-state index is 4.99. The lowest BCUT2D eigenvalue weighted by Gasteiger charge is -2.13. The summed E-state index contributed by atoms with van der Waals surface area (Å²) in [5, 5.41) is 8.07. The van der Waals surface area contributed by atoms with Gasteiger partial charge in [0.05, 0.1) is 16.6 Å². The van der Waals surface area contributed by atoms with Crippen molar-refractivity contribution in [3.63, 3.8) is 0 Å². The van der Waals surface area contributed by atoms with Crippen LogP contribution in [-0.2, 0) is 0 Å². The van der Waals surface area contributed by atoms with Crippen LogP contribution in [0.4, 0.5) is 0 Å². The molecule has 70 heavy (non-hydrogen) atoms. The third-order valence-corrected chi connectivity index (χ3v) is 12.9. The number of nitrogens with zero attached hydrogens (tertiary/aromatic N) is 6. The first-order valence-corrected chi connectivity index (χ1v) is 23.5. The lowest BCUT2D eigenvalue weighted by Crippen LogP contribution is -2.00. The minimum atomic E-state index is 0.638. The van der Waals surface area contributed by atoms with Crippen LogP contribution in [0.25, 0.3) is 122 Å². The van der Waals surface area contributed by atoms with Gasteiger partial charge < -0.3 is 0 Å². The van der Waals surface area contributed by atoms with Crippen molar-refractivity contribution < 1.29 is 0 Å². The Labute approximate surface area is 405 Å². The zero-order valence-electron chi connectivity index (χ0n) is 38.6. The van der Waals surface area contributed by atoms with Crippen molar-refractivity contribution >= 4 is 54.3 Å². The van der Waals surface area contributed by atoms with Crippen LogP contribution in [0.5, 0.6) is 0 Å². The predicted octanol–water partition coefficient (Wildman–Crippen LogP) is 16.1. The van der Waals surface area contributed by atoms with E-state index in [1.807, 2.05) is 24.4 Å². The third kappa shape index (κ3) is 8.18. The molecule has 0 spiro atoms. The van der Waals surface area contributed by atoms with Crippen molar-refractivity contribution in [2.45, 2.75) is 13.8 Å². The topological polar surface area (TPSA) is 77.3 Å². The van der Waals surface area contributed by atoms with Gasteiger partial charge in [0, 0.05) is 56.0 Å². The molecule has 330 valence electrons. The number of fused-ring (bicyclic) bond motifs is 6. The third-order valence-electron chi connectivity index (χ3n) is 12.9. The zero-order valence-corrected chi connectivity index (χ0v) is 38.6. The van der Waals surface area contributed by atoms with E-state index in [9.17, 15) is 0 Å². The van der Waals surface area contributed by atoms with E-state index < -0.39 is 0 Å². The van der Waals surface area contributed by atoms with Gasteiger partial charge in [-0.15, -0.1) is 0 Å². The second kappa shape index (κ2) is 18.1. The van der Waals surface area contributed by atoms with Crippen LogP contribution in [0.15, 0.2) is 231 Å². The number of aryl methyl sites for hydroxylation is 2. The number of para-hydroxylation sites is 1. The van der Waals surface area contributed by atoms with Gasteiger partial charge in [-0.05, 0) is 93.5 Å².